The van der Waals surface area contributed by atoms with E-state index in [1.165, 1.54) is 43.4 Å². The highest BCUT2D eigenvalue weighted by molar-refractivity contribution is 7.10. The molecule has 1 aliphatic carbocycles. The molecule has 1 saturated carbocycles. The van der Waals surface area contributed by atoms with Crippen molar-refractivity contribution in [3.05, 3.63) is 22.4 Å². The van der Waals surface area contributed by atoms with Crippen LogP contribution in [0, 0.1) is 11.8 Å². The molecule has 2 unspecified atom stereocenters. The van der Waals surface area contributed by atoms with Crippen LogP contribution < -0.4 is 16.0 Å². The Balaban J connectivity index is 1.37. The highest BCUT2D eigenvalue weighted by Crippen LogP contribution is 2.36. The number of aliphatic imine (C=N–C) groups is 1. The van der Waals surface area contributed by atoms with Crippen LogP contribution in [0.25, 0.3) is 0 Å². The molecule has 2 aliphatic rings. The van der Waals surface area contributed by atoms with Gasteiger partial charge in [0.05, 0.1) is 0 Å². The smallest absolute Gasteiger partial charge is 0.220 e. The van der Waals surface area contributed by atoms with Crippen molar-refractivity contribution >= 4 is 23.2 Å². The standard InChI is InChI=1S/C22H37N5OS/c1-23-22(25-12-11-24-20(28)15-17-7-3-4-8-17)26-16-18-9-5-13-27(2)21(18)19-10-6-14-29-19/h6,10,14,17-18,21H,3-5,7-9,11-13,15-16H2,1-2H3,(H,24,28)(H2,23,25,26). The van der Waals surface area contributed by atoms with Crippen molar-refractivity contribution in [3.63, 3.8) is 0 Å². The van der Waals surface area contributed by atoms with E-state index in [0.29, 0.717) is 37.4 Å². The highest BCUT2D eigenvalue weighted by Gasteiger charge is 2.31. The molecule has 2 atom stereocenters. The van der Waals surface area contributed by atoms with Crippen LogP contribution in [0.5, 0.6) is 0 Å². The lowest BCUT2D eigenvalue weighted by Gasteiger charge is -2.39. The summed E-state index contributed by atoms with van der Waals surface area (Å²) >= 11 is 1.85. The molecule has 3 N–H and O–H groups in total. The predicted octanol–water partition coefficient (Wildman–Crippen LogP) is 2.99. The molecule has 1 aromatic heterocycles. The van der Waals surface area contributed by atoms with E-state index in [1.807, 2.05) is 11.3 Å². The SMILES string of the molecule is CN=C(NCCNC(=O)CC1CCCC1)NCC1CCCN(C)C1c1cccs1. The Morgan fingerprint density at radius 1 is 1.17 bits per heavy atom. The van der Waals surface area contributed by atoms with E-state index in [-0.39, 0.29) is 5.91 Å². The van der Waals surface area contributed by atoms with E-state index in [1.54, 1.807) is 7.05 Å². The highest BCUT2D eigenvalue weighted by atomic mass is 32.1. The molecular formula is C22H37N5OS. The Bertz CT molecular complexity index is 642. The maximum absolute atomic E-state index is 12.0. The number of likely N-dealkylation sites (tertiary alicyclic amines) is 1. The van der Waals surface area contributed by atoms with Crippen molar-refractivity contribution in [2.45, 2.75) is 51.0 Å². The average molecular weight is 420 g/mol. The Morgan fingerprint density at radius 2 is 1.97 bits per heavy atom. The van der Waals surface area contributed by atoms with Crippen LogP contribution in [0.15, 0.2) is 22.5 Å². The van der Waals surface area contributed by atoms with Gasteiger partial charge in [0.2, 0.25) is 5.91 Å². The van der Waals surface area contributed by atoms with Crippen molar-refractivity contribution in [2.24, 2.45) is 16.8 Å². The first kappa shape index (κ1) is 22.1. The second kappa shape index (κ2) is 11.6. The van der Waals surface area contributed by atoms with Crippen LogP contribution in [-0.2, 0) is 4.79 Å². The summed E-state index contributed by atoms with van der Waals surface area (Å²) in [5.41, 5.74) is 0. The van der Waals surface area contributed by atoms with Gasteiger partial charge in [-0.3, -0.25) is 14.7 Å². The zero-order chi connectivity index (χ0) is 20.5. The van der Waals surface area contributed by atoms with Crippen LogP contribution in [0.1, 0.15) is 55.9 Å². The van der Waals surface area contributed by atoms with Crippen LogP contribution in [0.3, 0.4) is 0 Å². The fourth-order valence-corrected chi connectivity index (χ4v) is 5.75. The van der Waals surface area contributed by atoms with E-state index in [0.717, 1.165) is 19.0 Å². The summed E-state index contributed by atoms with van der Waals surface area (Å²) in [5, 5.41) is 12.0. The third-order valence-electron chi connectivity index (χ3n) is 6.29. The minimum absolute atomic E-state index is 0.186. The van der Waals surface area contributed by atoms with E-state index < -0.39 is 0 Å². The summed E-state index contributed by atoms with van der Waals surface area (Å²) in [6, 6.07) is 4.88. The minimum atomic E-state index is 0.186. The zero-order valence-corrected chi connectivity index (χ0v) is 18.8. The molecule has 162 valence electrons. The van der Waals surface area contributed by atoms with Gasteiger partial charge in [-0.25, -0.2) is 0 Å². The second-order valence-electron chi connectivity index (χ2n) is 8.43. The number of piperidine rings is 1. The number of nitrogens with zero attached hydrogens (tertiary/aromatic N) is 2. The first-order valence-electron chi connectivity index (χ1n) is 11.1. The molecule has 0 radical (unpaired) electrons. The summed E-state index contributed by atoms with van der Waals surface area (Å²) in [7, 11) is 4.04. The molecule has 1 saturated heterocycles. The zero-order valence-electron chi connectivity index (χ0n) is 18.0. The van der Waals surface area contributed by atoms with Gasteiger partial charge in [0.25, 0.3) is 0 Å². The maximum atomic E-state index is 12.0. The van der Waals surface area contributed by atoms with Gasteiger partial charge in [-0.1, -0.05) is 18.9 Å². The van der Waals surface area contributed by atoms with Crippen molar-refractivity contribution in [1.82, 2.24) is 20.9 Å². The molecule has 0 spiro atoms. The lowest BCUT2D eigenvalue weighted by molar-refractivity contribution is -0.121. The number of amides is 1. The number of hydrogen-bond donors (Lipinski definition) is 3. The molecular weight excluding hydrogens is 382 g/mol. The van der Waals surface area contributed by atoms with E-state index in [9.17, 15) is 4.79 Å². The van der Waals surface area contributed by atoms with Crippen LogP contribution >= 0.6 is 11.3 Å². The summed E-state index contributed by atoms with van der Waals surface area (Å²) in [5.74, 6) is 2.17. The third kappa shape index (κ3) is 6.71. The number of carbonyl (C=O) groups excluding carboxylic acids is 1. The number of hydrogen-bond acceptors (Lipinski definition) is 4. The van der Waals surface area contributed by atoms with Crippen LogP contribution in [0.4, 0.5) is 0 Å². The molecule has 0 bridgehead atoms. The van der Waals surface area contributed by atoms with Crippen molar-refractivity contribution < 1.29 is 4.79 Å². The summed E-state index contributed by atoms with van der Waals surface area (Å²) in [4.78, 5) is 20.3. The number of nitrogens with one attached hydrogen (secondary N) is 3. The van der Waals surface area contributed by atoms with Crippen LogP contribution in [-0.4, -0.2) is 57.0 Å². The number of rotatable bonds is 8. The van der Waals surface area contributed by atoms with Gasteiger partial charge in [-0.05, 0) is 62.6 Å². The van der Waals surface area contributed by atoms with Gasteiger partial charge < -0.3 is 16.0 Å². The Hall–Kier alpha value is -1.60. The average Bonchev–Trinajstić information content (AvgIpc) is 3.41. The monoisotopic (exact) mass is 419 g/mol. The maximum Gasteiger partial charge on any atom is 0.220 e. The van der Waals surface area contributed by atoms with Gasteiger partial charge in [0, 0.05) is 44.0 Å². The molecule has 29 heavy (non-hydrogen) atoms. The first-order chi connectivity index (χ1) is 14.2. The summed E-state index contributed by atoms with van der Waals surface area (Å²) < 4.78 is 0. The second-order valence-corrected chi connectivity index (χ2v) is 9.41. The Labute approximate surface area is 179 Å². The molecule has 1 aliphatic heterocycles. The first-order valence-corrected chi connectivity index (χ1v) is 12.0. The topological polar surface area (TPSA) is 68.8 Å². The molecule has 1 amide bonds. The molecule has 2 heterocycles. The molecule has 6 nitrogen and oxygen atoms in total. The predicted molar refractivity (Wildman–Crippen MR) is 121 cm³/mol. The fraction of sp³-hybridized carbons (Fsp3) is 0.727. The summed E-state index contributed by atoms with van der Waals surface area (Å²) in [6.45, 7) is 3.39. The Kier molecular flexibility index (Phi) is 8.80. The molecule has 7 heteroatoms. The van der Waals surface area contributed by atoms with Crippen molar-refractivity contribution in [2.75, 3.05) is 40.3 Å². The number of carbonyl (C=O) groups is 1. The van der Waals surface area contributed by atoms with Crippen molar-refractivity contribution in [3.8, 4) is 0 Å². The molecule has 3 rings (SSSR count). The van der Waals surface area contributed by atoms with E-state index in [2.05, 4.69) is 50.4 Å². The van der Waals surface area contributed by atoms with E-state index >= 15 is 0 Å². The molecule has 1 aromatic rings. The molecule has 2 fully saturated rings. The van der Waals surface area contributed by atoms with Gasteiger partial charge in [0.1, 0.15) is 0 Å². The van der Waals surface area contributed by atoms with E-state index in [4.69, 9.17) is 0 Å². The Morgan fingerprint density at radius 3 is 2.69 bits per heavy atom. The van der Waals surface area contributed by atoms with Gasteiger partial charge >= 0.3 is 0 Å². The normalized spacial score (nSPS) is 23.9. The van der Waals surface area contributed by atoms with Gasteiger partial charge in [-0.2, -0.15) is 0 Å². The lowest BCUT2D eigenvalue weighted by atomic mass is 9.88. The minimum Gasteiger partial charge on any atom is -0.356 e. The number of thiophene rings is 1. The quantitative estimate of drug-likeness (QED) is 0.344. The lowest BCUT2D eigenvalue weighted by Crippen LogP contribution is -2.46. The largest absolute Gasteiger partial charge is 0.356 e. The van der Waals surface area contributed by atoms with Gasteiger partial charge in [-0.15, -0.1) is 11.3 Å². The fourth-order valence-electron chi connectivity index (χ4n) is 4.76. The van der Waals surface area contributed by atoms with Crippen LogP contribution in [0.2, 0.25) is 0 Å². The molecule has 0 aromatic carbocycles. The van der Waals surface area contributed by atoms with Crippen molar-refractivity contribution in [1.29, 1.82) is 0 Å². The summed E-state index contributed by atoms with van der Waals surface area (Å²) in [6.07, 6.45) is 8.15. The van der Waals surface area contributed by atoms with Gasteiger partial charge in [0.15, 0.2) is 5.96 Å². The number of guanidine groups is 1. The third-order valence-corrected chi connectivity index (χ3v) is 7.23.